The second-order valence-corrected chi connectivity index (χ2v) is 8.33. The molecule has 0 atom stereocenters. The summed E-state index contributed by atoms with van der Waals surface area (Å²) in [6.07, 6.45) is 1.61. The Hall–Kier alpha value is -3.23. The summed E-state index contributed by atoms with van der Waals surface area (Å²) in [5.41, 5.74) is 5.33. The molecule has 0 saturated carbocycles. The number of carbonyl (C=O) groups excluding carboxylic acids is 1. The van der Waals surface area contributed by atoms with E-state index in [-0.39, 0.29) is 11.7 Å². The maximum Gasteiger partial charge on any atom is 0.250 e. The molecule has 6 nitrogen and oxygen atoms in total. The van der Waals surface area contributed by atoms with Gasteiger partial charge in [-0.15, -0.1) is 10.2 Å². The standard InChI is InChI=1S/C23H18BrN5OS/c24-19-13-11-18(12-14-19)22-27-28-23(29(22)20-9-5-2-6-10-20)31-16-21(30)26-25-15-17-7-3-1-4-8-17/h1-15H,16H2,(H,26,30)/b25-15-. The van der Waals surface area contributed by atoms with Gasteiger partial charge in [0.1, 0.15) is 0 Å². The fourth-order valence-corrected chi connectivity index (χ4v) is 3.85. The van der Waals surface area contributed by atoms with Crippen LogP contribution in [0, 0.1) is 0 Å². The Morgan fingerprint density at radius 1 is 0.968 bits per heavy atom. The van der Waals surface area contributed by atoms with Gasteiger partial charge in [0, 0.05) is 15.7 Å². The molecule has 0 aliphatic carbocycles. The smallest absolute Gasteiger partial charge is 0.250 e. The second-order valence-electron chi connectivity index (χ2n) is 6.48. The van der Waals surface area contributed by atoms with E-state index in [0.29, 0.717) is 11.0 Å². The number of hydrogen-bond donors (Lipinski definition) is 1. The van der Waals surface area contributed by atoms with E-state index in [4.69, 9.17) is 0 Å². The Labute approximate surface area is 192 Å². The minimum atomic E-state index is -0.218. The third-order valence-electron chi connectivity index (χ3n) is 4.28. The first-order chi connectivity index (χ1) is 15.2. The molecule has 0 radical (unpaired) electrons. The molecule has 0 spiro atoms. The van der Waals surface area contributed by atoms with Crippen molar-refractivity contribution in [3.8, 4) is 17.1 Å². The number of nitrogens with zero attached hydrogens (tertiary/aromatic N) is 4. The van der Waals surface area contributed by atoms with Gasteiger partial charge in [-0.2, -0.15) is 5.10 Å². The maximum atomic E-state index is 12.3. The molecule has 8 heteroatoms. The molecule has 0 unspecified atom stereocenters. The van der Waals surface area contributed by atoms with Crippen molar-refractivity contribution >= 4 is 39.8 Å². The molecule has 4 aromatic rings. The summed E-state index contributed by atoms with van der Waals surface area (Å²) in [7, 11) is 0. The number of hydrogen-bond acceptors (Lipinski definition) is 5. The Kier molecular flexibility index (Phi) is 6.91. The molecule has 0 aliphatic heterocycles. The second kappa shape index (κ2) is 10.2. The summed E-state index contributed by atoms with van der Waals surface area (Å²) >= 11 is 4.77. The monoisotopic (exact) mass is 491 g/mol. The van der Waals surface area contributed by atoms with Crippen molar-refractivity contribution < 1.29 is 4.79 Å². The first-order valence-corrected chi connectivity index (χ1v) is 11.2. The van der Waals surface area contributed by atoms with Gasteiger partial charge in [-0.05, 0) is 29.8 Å². The van der Waals surface area contributed by atoms with Crippen LogP contribution < -0.4 is 5.43 Å². The van der Waals surface area contributed by atoms with Gasteiger partial charge in [0.25, 0.3) is 5.91 Å². The van der Waals surface area contributed by atoms with Crippen molar-refractivity contribution in [3.05, 3.63) is 95.0 Å². The Morgan fingerprint density at radius 2 is 1.65 bits per heavy atom. The van der Waals surface area contributed by atoms with Gasteiger partial charge in [-0.3, -0.25) is 9.36 Å². The van der Waals surface area contributed by atoms with E-state index in [2.05, 4.69) is 36.7 Å². The lowest BCUT2D eigenvalue weighted by molar-refractivity contribution is -0.118. The summed E-state index contributed by atoms with van der Waals surface area (Å²) < 4.78 is 2.94. The highest BCUT2D eigenvalue weighted by atomic mass is 79.9. The van der Waals surface area contributed by atoms with Gasteiger partial charge < -0.3 is 0 Å². The van der Waals surface area contributed by atoms with Crippen molar-refractivity contribution in [2.45, 2.75) is 5.16 Å². The number of nitrogens with one attached hydrogen (secondary N) is 1. The first kappa shape index (κ1) is 21.0. The lowest BCUT2D eigenvalue weighted by Crippen LogP contribution is -2.20. The fourth-order valence-electron chi connectivity index (χ4n) is 2.84. The highest BCUT2D eigenvalue weighted by molar-refractivity contribution is 9.10. The van der Waals surface area contributed by atoms with Gasteiger partial charge in [0.2, 0.25) is 0 Å². The van der Waals surface area contributed by atoms with E-state index in [1.165, 1.54) is 11.8 Å². The number of benzene rings is 3. The molecule has 0 saturated heterocycles. The first-order valence-electron chi connectivity index (χ1n) is 9.47. The average Bonchev–Trinajstić information content (AvgIpc) is 3.23. The zero-order valence-electron chi connectivity index (χ0n) is 16.4. The third kappa shape index (κ3) is 5.48. The zero-order chi connectivity index (χ0) is 21.5. The Morgan fingerprint density at radius 3 is 2.35 bits per heavy atom. The SMILES string of the molecule is O=C(CSc1nnc(-c2ccc(Br)cc2)n1-c1ccccc1)N/N=C\c1ccccc1. The quantitative estimate of drug-likeness (QED) is 0.225. The van der Waals surface area contributed by atoms with Crippen LogP contribution in [0.4, 0.5) is 0 Å². The molecule has 4 rings (SSSR count). The number of aromatic nitrogens is 3. The van der Waals surface area contributed by atoms with E-state index >= 15 is 0 Å². The lowest BCUT2D eigenvalue weighted by Gasteiger charge is -2.10. The molecule has 1 heterocycles. The van der Waals surface area contributed by atoms with E-state index in [1.54, 1.807) is 6.21 Å². The zero-order valence-corrected chi connectivity index (χ0v) is 18.8. The fraction of sp³-hybridized carbons (Fsp3) is 0.0435. The number of para-hydroxylation sites is 1. The van der Waals surface area contributed by atoms with Crippen molar-refractivity contribution in [3.63, 3.8) is 0 Å². The van der Waals surface area contributed by atoms with Gasteiger partial charge >= 0.3 is 0 Å². The van der Waals surface area contributed by atoms with Crippen LogP contribution in [0.15, 0.2) is 99.7 Å². The molecule has 3 aromatic carbocycles. The topological polar surface area (TPSA) is 72.2 Å². The van der Waals surface area contributed by atoms with Crippen LogP contribution in [-0.4, -0.2) is 32.6 Å². The van der Waals surface area contributed by atoms with Crippen molar-refractivity contribution in [2.24, 2.45) is 5.10 Å². The summed E-state index contributed by atoms with van der Waals surface area (Å²) in [6.45, 7) is 0. The molecule has 0 aliphatic rings. The predicted molar refractivity (Wildman–Crippen MR) is 127 cm³/mol. The van der Waals surface area contributed by atoms with Crippen LogP contribution >= 0.6 is 27.7 Å². The molecule has 1 amide bonds. The maximum absolute atomic E-state index is 12.3. The van der Waals surface area contributed by atoms with Crippen LogP contribution in [0.1, 0.15) is 5.56 Å². The average molecular weight is 492 g/mol. The number of hydrazone groups is 1. The number of carbonyl (C=O) groups is 1. The van der Waals surface area contributed by atoms with E-state index in [9.17, 15) is 4.79 Å². The Bertz CT molecular complexity index is 1180. The van der Waals surface area contributed by atoms with Crippen LogP contribution in [0.25, 0.3) is 17.1 Å². The molecule has 0 fully saturated rings. The molecule has 31 heavy (non-hydrogen) atoms. The van der Waals surface area contributed by atoms with Crippen molar-refractivity contribution in [1.29, 1.82) is 0 Å². The number of halogens is 1. The minimum Gasteiger partial charge on any atom is -0.272 e. The van der Waals surface area contributed by atoms with Gasteiger partial charge in [-0.25, -0.2) is 5.43 Å². The third-order valence-corrected chi connectivity index (χ3v) is 5.74. The van der Waals surface area contributed by atoms with Crippen LogP contribution in [0.3, 0.4) is 0 Å². The van der Waals surface area contributed by atoms with Crippen LogP contribution in [-0.2, 0) is 4.79 Å². The number of amides is 1. The van der Waals surface area contributed by atoms with Crippen LogP contribution in [0.5, 0.6) is 0 Å². The van der Waals surface area contributed by atoms with Crippen LogP contribution in [0.2, 0.25) is 0 Å². The largest absolute Gasteiger partial charge is 0.272 e. The summed E-state index contributed by atoms with van der Waals surface area (Å²) in [5, 5.41) is 13.4. The lowest BCUT2D eigenvalue weighted by atomic mass is 10.2. The normalized spacial score (nSPS) is 11.0. The molecular weight excluding hydrogens is 474 g/mol. The predicted octanol–water partition coefficient (Wildman–Crippen LogP) is 4.94. The number of rotatable bonds is 7. The minimum absolute atomic E-state index is 0.164. The summed E-state index contributed by atoms with van der Waals surface area (Å²) in [4.78, 5) is 12.3. The Balaban J connectivity index is 1.51. The highest BCUT2D eigenvalue weighted by Gasteiger charge is 2.17. The number of thioether (sulfide) groups is 1. The van der Waals surface area contributed by atoms with E-state index in [0.717, 1.165) is 21.3 Å². The molecule has 1 aromatic heterocycles. The van der Waals surface area contributed by atoms with E-state index < -0.39 is 0 Å². The molecule has 1 N–H and O–H groups in total. The van der Waals surface area contributed by atoms with Crippen molar-refractivity contribution in [1.82, 2.24) is 20.2 Å². The molecular formula is C23H18BrN5OS. The molecule has 154 valence electrons. The summed E-state index contributed by atoms with van der Waals surface area (Å²) in [5.74, 6) is 0.658. The van der Waals surface area contributed by atoms with Gasteiger partial charge in [0.15, 0.2) is 11.0 Å². The van der Waals surface area contributed by atoms with E-state index in [1.807, 2.05) is 89.5 Å². The highest BCUT2D eigenvalue weighted by Crippen LogP contribution is 2.28. The van der Waals surface area contributed by atoms with Gasteiger partial charge in [0.05, 0.1) is 12.0 Å². The summed E-state index contributed by atoms with van der Waals surface area (Å²) in [6, 6.07) is 27.3. The van der Waals surface area contributed by atoms with Gasteiger partial charge in [-0.1, -0.05) is 88.4 Å². The molecule has 0 bridgehead atoms. The van der Waals surface area contributed by atoms with Crippen molar-refractivity contribution in [2.75, 3.05) is 5.75 Å².